The first kappa shape index (κ1) is 15.6. The number of hydrogen-bond acceptors (Lipinski definition) is 5. The number of aliphatic imine (C=N–C) groups is 1. The highest BCUT2D eigenvalue weighted by Gasteiger charge is 2.15. The largest absolute Gasteiger partial charge is 0.488 e. The summed E-state index contributed by atoms with van der Waals surface area (Å²) in [5.74, 6) is 1.50. The summed E-state index contributed by atoms with van der Waals surface area (Å²) >= 11 is 0. The Bertz CT molecular complexity index is 844. The van der Waals surface area contributed by atoms with E-state index in [1.165, 1.54) is 6.26 Å². The molecule has 0 amide bonds. The van der Waals surface area contributed by atoms with E-state index >= 15 is 0 Å². The molecule has 0 unspecified atom stereocenters. The average molecular weight is 330 g/mol. The van der Waals surface area contributed by atoms with Crippen LogP contribution in [-0.2, 0) is 16.4 Å². The van der Waals surface area contributed by atoms with Crippen molar-refractivity contribution >= 4 is 15.7 Å². The summed E-state index contributed by atoms with van der Waals surface area (Å²) < 4.78 is 29.6. The van der Waals surface area contributed by atoms with Gasteiger partial charge in [0.2, 0.25) is 0 Å². The van der Waals surface area contributed by atoms with E-state index in [-0.39, 0.29) is 6.61 Å². The SMILES string of the molecule is CS(=O)(=O)c1ccccc1COc1ccccc1C1=NCCN1. The number of nitrogens with zero attached hydrogens (tertiary/aromatic N) is 1. The number of benzene rings is 2. The molecule has 0 fully saturated rings. The van der Waals surface area contributed by atoms with E-state index < -0.39 is 9.84 Å². The van der Waals surface area contributed by atoms with Crippen LogP contribution in [0.1, 0.15) is 11.1 Å². The molecule has 1 N–H and O–H groups in total. The van der Waals surface area contributed by atoms with Gasteiger partial charge in [-0.2, -0.15) is 0 Å². The third-order valence-electron chi connectivity index (χ3n) is 3.57. The molecule has 0 atom stereocenters. The molecule has 3 rings (SSSR count). The molecule has 23 heavy (non-hydrogen) atoms. The van der Waals surface area contributed by atoms with Gasteiger partial charge >= 0.3 is 0 Å². The lowest BCUT2D eigenvalue weighted by molar-refractivity contribution is 0.302. The van der Waals surface area contributed by atoms with E-state index in [1.807, 2.05) is 30.3 Å². The van der Waals surface area contributed by atoms with Crippen molar-refractivity contribution in [2.45, 2.75) is 11.5 Å². The molecule has 0 bridgehead atoms. The zero-order valence-corrected chi connectivity index (χ0v) is 13.6. The molecule has 120 valence electrons. The van der Waals surface area contributed by atoms with Crippen LogP contribution in [0.5, 0.6) is 5.75 Å². The zero-order valence-electron chi connectivity index (χ0n) is 12.8. The Morgan fingerprint density at radius 3 is 2.61 bits per heavy atom. The van der Waals surface area contributed by atoms with Gasteiger partial charge in [-0.05, 0) is 18.2 Å². The molecular formula is C17H18N2O3S. The molecule has 1 aliphatic rings. The van der Waals surface area contributed by atoms with Gasteiger partial charge < -0.3 is 10.1 Å². The van der Waals surface area contributed by atoms with Crippen LogP contribution < -0.4 is 10.1 Å². The van der Waals surface area contributed by atoms with Crippen LogP contribution in [0, 0.1) is 0 Å². The smallest absolute Gasteiger partial charge is 0.175 e. The van der Waals surface area contributed by atoms with Crippen LogP contribution in [0.3, 0.4) is 0 Å². The molecule has 0 saturated carbocycles. The minimum Gasteiger partial charge on any atom is -0.488 e. The normalized spacial score (nSPS) is 14.2. The molecule has 0 spiro atoms. The minimum atomic E-state index is -3.28. The number of ether oxygens (including phenoxy) is 1. The fourth-order valence-corrected chi connectivity index (χ4v) is 3.44. The molecule has 1 aliphatic heterocycles. The quantitative estimate of drug-likeness (QED) is 0.911. The Hall–Kier alpha value is -2.34. The Kier molecular flexibility index (Phi) is 4.34. The summed E-state index contributed by atoms with van der Waals surface area (Å²) in [7, 11) is -3.28. The summed E-state index contributed by atoms with van der Waals surface area (Å²) in [6.07, 6.45) is 1.21. The van der Waals surface area contributed by atoms with Gasteiger partial charge in [-0.3, -0.25) is 4.99 Å². The van der Waals surface area contributed by atoms with Crippen molar-refractivity contribution in [3.8, 4) is 5.75 Å². The zero-order chi connectivity index (χ0) is 16.3. The third kappa shape index (κ3) is 3.53. The fraction of sp³-hybridized carbons (Fsp3) is 0.235. The van der Waals surface area contributed by atoms with E-state index in [2.05, 4.69) is 10.3 Å². The summed E-state index contributed by atoms with van der Waals surface area (Å²) in [6, 6.07) is 14.5. The highest BCUT2D eigenvalue weighted by molar-refractivity contribution is 7.90. The second-order valence-electron chi connectivity index (χ2n) is 5.32. The van der Waals surface area contributed by atoms with E-state index in [9.17, 15) is 8.42 Å². The van der Waals surface area contributed by atoms with Crippen LogP contribution >= 0.6 is 0 Å². The molecule has 0 aromatic heterocycles. The molecule has 2 aromatic rings. The van der Waals surface area contributed by atoms with Gasteiger partial charge in [0.25, 0.3) is 0 Å². The van der Waals surface area contributed by atoms with Crippen molar-refractivity contribution in [3.63, 3.8) is 0 Å². The topological polar surface area (TPSA) is 67.8 Å². The minimum absolute atomic E-state index is 0.188. The highest BCUT2D eigenvalue weighted by atomic mass is 32.2. The van der Waals surface area contributed by atoms with Crippen LogP contribution in [0.15, 0.2) is 58.4 Å². The number of rotatable bonds is 5. The van der Waals surface area contributed by atoms with Gasteiger partial charge in [-0.15, -0.1) is 0 Å². The maximum atomic E-state index is 11.9. The Morgan fingerprint density at radius 2 is 1.87 bits per heavy atom. The maximum Gasteiger partial charge on any atom is 0.175 e. The second-order valence-corrected chi connectivity index (χ2v) is 7.31. The van der Waals surface area contributed by atoms with Crippen LogP contribution in [0.4, 0.5) is 0 Å². The van der Waals surface area contributed by atoms with Crippen molar-refractivity contribution in [3.05, 3.63) is 59.7 Å². The number of nitrogens with one attached hydrogen (secondary N) is 1. The number of sulfone groups is 1. The van der Waals surface area contributed by atoms with Gasteiger partial charge in [-0.25, -0.2) is 8.42 Å². The van der Waals surface area contributed by atoms with Crippen molar-refractivity contribution in [1.29, 1.82) is 0 Å². The van der Waals surface area contributed by atoms with Crippen LogP contribution in [0.2, 0.25) is 0 Å². The van der Waals surface area contributed by atoms with E-state index in [1.54, 1.807) is 18.2 Å². The van der Waals surface area contributed by atoms with Crippen LogP contribution in [0.25, 0.3) is 0 Å². The Morgan fingerprint density at radius 1 is 1.13 bits per heavy atom. The molecule has 0 aliphatic carbocycles. The summed E-state index contributed by atoms with van der Waals surface area (Å²) in [5.41, 5.74) is 1.54. The lowest BCUT2D eigenvalue weighted by Gasteiger charge is -2.13. The fourth-order valence-electron chi connectivity index (χ4n) is 2.51. The van der Waals surface area contributed by atoms with Gasteiger partial charge in [-0.1, -0.05) is 30.3 Å². The van der Waals surface area contributed by atoms with Crippen molar-refractivity contribution in [1.82, 2.24) is 5.32 Å². The third-order valence-corrected chi connectivity index (χ3v) is 4.77. The Labute approximate surface area is 135 Å². The summed E-state index contributed by atoms with van der Waals surface area (Å²) in [6.45, 7) is 1.76. The molecule has 1 heterocycles. The first-order valence-corrected chi connectivity index (χ1v) is 9.23. The summed E-state index contributed by atoms with van der Waals surface area (Å²) in [5, 5.41) is 3.22. The predicted octanol–water partition coefficient (Wildman–Crippen LogP) is 2.02. The van der Waals surface area contributed by atoms with Crippen molar-refractivity contribution in [2.75, 3.05) is 19.3 Å². The van der Waals surface area contributed by atoms with Crippen molar-refractivity contribution in [2.24, 2.45) is 4.99 Å². The van der Waals surface area contributed by atoms with E-state index in [0.29, 0.717) is 16.2 Å². The molecule has 2 aromatic carbocycles. The lowest BCUT2D eigenvalue weighted by Crippen LogP contribution is -2.20. The van der Waals surface area contributed by atoms with Gasteiger partial charge in [0.05, 0.1) is 17.0 Å². The molecule has 5 nitrogen and oxygen atoms in total. The number of hydrogen-bond donors (Lipinski definition) is 1. The first-order chi connectivity index (χ1) is 11.1. The van der Waals surface area contributed by atoms with E-state index in [0.717, 1.165) is 24.5 Å². The lowest BCUT2D eigenvalue weighted by atomic mass is 10.2. The van der Waals surface area contributed by atoms with Gasteiger partial charge in [0.1, 0.15) is 18.2 Å². The van der Waals surface area contributed by atoms with Crippen LogP contribution in [-0.4, -0.2) is 33.6 Å². The second kappa shape index (κ2) is 6.42. The van der Waals surface area contributed by atoms with E-state index in [4.69, 9.17) is 4.74 Å². The predicted molar refractivity (Wildman–Crippen MR) is 89.7 cm³/mol. The maximum absolute atomic E-state index is 11.9. The Balaban J connectivity index is 1.85. The molecule has 6 heteroatoms. The van der Waals surface area contributed by atoms with Gasteiger partial charge in [0.15, 0.2) is 9.84 Å². The first-order valence-electron chi connectivity index (χ1n) is 7.34. The number of para-hydroxylation sites is 1. The highest BCUT2D eigenvalue weighted by Crippen LogP contribution is 2.22. The summed E-state index contributed by atoms with van der Waals surface area (Å²) in [4.78, 5) is 4.71. The van der Waals surface area contributed by atoms with Crippen molar-refractivity contribution < 1.29 is 13.2 Å². The standard InChI is InChI=1S/C17H18N2O3S/c1-23(20,21)16-9-5-2-6-13(16)12-22-15-8-4-3-7-14(15)17-18-10-11-19-17/h2-9H,10-12H2,1H3,(H,18,19). The molecular weight excluding hydrogens is 312 g/mol. The monoisotopic (exact) mass is 330 g/mol. The molecule has 0 saturated heterocycles. The number of amidine groups is 1. The average Bonchev–Trinajstić information content (AvgIpc) is 3.07. The van der Waals surface area contributed by atoms with Gasteiger partial charge in [0, 0.05) is 18.4 Å². The molecule has 0 radical (unpaired) electrons.